The highest BCUT2D eigenvalue weighted by Crippen LogP contribution is 2.47. The lowest BCUT2D eigenvalue weighted by Crippen LogP contribution is -2.38. The van der Waals surface area contributed by atoms with Crippen LogP contribution in [0.3, 0.4) is 0 Å². The second-order valence-electron chi connectivity index (χ2n) is 7.96. The number of anilines is 2. The number of rotatable bonds is 6. The predicted octanol–water partition coefficient (Wildman–Crippen LogP) is 5.93. The first kappa shape index (κ1) is 25.4. The average Bonchev–Trinajstić information content (AvgIpc) is 2.99. The number of hydrogen-bond donors (Lipinski definition) is 1. The molecule has 4 rings (SSSR count). The van der Waals surface area contributed by atoms with E-state index >= 15 is 0 Å². The smallest absolute Gasteiger partial charge is 0.418 e. The number of methoxy groups -OCH3 is 2. The molecule has 1 unspecified atom stereocenters. The highest BCUT2D eigenvalue weighted by molar-refractivity contribution is 7.99. The number of alkyl halides is 3. The van der Waals surface area contributed by atoms with Gasteiger partial charge in [-0.15, -0.1) is 11.8 Å². The number of carbonyl (C=O) groups is 2. The van der Waals surface area contributed by atoms with E-state index in [1.165, 1.54) is 49.1 Å². The summed E-state index contributed by atoms with van der Waals surface area (Å²) in [6.07, 6.45) is -4.56. The standard InChI is InChI=1S/C26H23F3N2O4S/c1-34-20-12-11-16(13-21(20)35-2)23-14-25(33)31(19-9-5-6-10-22(19)36-23)15-24(32)30-18-8-4-3-7-17(18)26(27,28)29/h3-13,23H,14-15H2,1-2H3,(H,30,32). The summed E-state index contributed by atoms with van der Waals surface area (Å²) in [4.78, 5) is 28.3. The van der Waals surface area contributed by atoms with Crippen LogP contribution in [0.5, 0.6) is 11.5 Å². The quantitative estimate of drug-likeness (QED) is 0.440. The molecule has 188 valence electrons. The lowest BCUT2D eigenvalue weighted by atomic mass is 10.1. The minimum atomic E-state index is -4.63. The number of halogens is 3. The first-order chi connectivity index (χ1) is 17.2. The molecule has 36 heavy (non-hydrogen) atoms. The Kier molecular flexibility index (Phi) is 7.44. The van der Waals surface area contributed by atoms with Gasteiger partial charge < -0.3 is 19.7 Å². The molecule has 0 saturated carbocycles. The van der Waals surface area contributed by atoms with E-state index < -0.39 is 24.2 Å². The van der Waals surface area contributed by atoms with E-state index in [1.807, 2.05) is 24.3 Å². The second-order valence-corrected chi connectivity index (χ2v) is 9.21. The van der Waals surface area contributed by atoms with E-state index in [9.17, 15) is 22.8 Å². The second kappa shape index (κ2) is 10.5. The number of ether oxygens (including phenoxy) is 2. The lowest BCUT2D eigenvalue weighted by Gasteiger charge is -2.22. The first-order valence-electron chi connectivity index (χ1n) is 10.9. The molecule has 0 fully saturated rings. The van der Waals surface area contributed by atoms with Crippen LogP contribution in [0.25, 0.3) is 0 Å². The first-order valence-corrected chi connectivity index (χ1v) is 11.8. The molecule has 1 N–H and O–H groups in total. The summed E-state index contributed by atoms with van der Waals surface area (Å²) in [6, 6.07) is 17.3. The molecule has 0 saturated heterocycles. The Balaban J connectivity index is 1.60. The number of hydrogen-bond acceptors (Lipinski definition) is 5. The van der Waals surface area contributed by atoms with Crippen LogP contribution in [0, 0.1) is 0 Å². The topological polar surface area (TPSA) is 67.9 Å². The number of para-hydroxylation sites is 2. The van der Waals surface area contributed by atoms with Gasteiger partial charge in [-0.3, -0.25) is 9.59 Å². The number of carbonyl (C=O) groups excluding carboxylic acids is 2. The highest BCUT2D eigenvalue weighted by Gasteiger charge is 2.34. The molecule has 0 aromatic heterocycles. The van der Waals surface area contributed by atoms with E-state index in [-0.39, 0.29) is 23.3 Å². The van der Waals surface area contributed by atoms with Crippen molar-refractivity contribution in [2.24, 2.45) is 0 Å². The molecule has 6 nitrogen and oxygen atoms in total. The summed E-state index contributed by atoms with van der Waals surface area (Å²) in [5.74, 6) is 0.0279. The van der Waals surface area contributed by atoms with Crippen molar-refractivity contribution in [2.75, 3.05) is 31.0 Å². The van der Waals surface area contributed by atoms with Crippen LogP contribution in [-0.4, -0.2) is 32.6 Å². The van der Waals surface area contributed by atoms with Gasteiger partial charge in [-0.25, -0.2) is 0 Å². The molecule has 1 atom stereocenters. The van der Waals surface area contributed by atoms with Crippen LogP contribution < -0.4 is 19.7 Å². The van der Waals surface area contributed by atoms with Gasteiger partial charge in [-0.05, 0) is 42.0 Å². The maximum Gasteiger partial charge on any atom is 0.418 e. The summed E-state index contributed by atoms with van der Waals surface area (Å²) in [5, 5.41) is 2.04. The van der Waals surface area contributed by atoms with Crippen molar-refractivity contribution in [1.29, 1.82) is 0 Å². The van der Waals surface area contributed by atoms with Crippen LogP contribution in [-0.2, 0) is 15.8 Å². The minimum absolute atomic E-state index is 0.0707. The van der Waals surface area contributed by atoms with Gasteiger partial charge in [0, 0.05) is 16.6 Å². The fourth-order valence-corrected chi connectivity index (χ4v) is 5.23. The van der Waals surface area contributed by atoms with Gasteiger partial charge in [0.15, 0.2) is 11.5 Å². The Morgan fingerprint density at radius 2 is 1.72 bits per heavy atom. The number of nitrogens with one attached hydrogen (secondary N) is 1. The molecule has 0 radical (unpaired) electrons. The van der Waals surface area contributed by atoms with E-state index in [2.05, 4.69) is 5.32 Å². The molecular formula is C26H23F3N2O4S. The third kappa shape index (κ3) is 5.43. The number of fused-ring (bicyclic) bond motifs is 1. The van der Waals surface area contributed by atoms with Gasteiger partial charge in [0.25, 0.3) is 0 Å². The highest BCUT2D eigenvalue weighted by atomic mass is 32.2. The lowest BCUT2D eigenvalue weighted by molar-refractivity contribution is -0.137. The fraction of sp³-hybridized carbons (Fsp3) is 0.231. The van der Waals surface area contributed by atoms with Gasteiger partial charge in [0.1, 0.15) is 6.54 Å². The van der Waals surface area contributed by atoms with Crippen molar-refractivity contribution in [3.8, 4) is 11.5 Å². The number of benzene rings is 3. The molecule has 3 aromatic rings. The van der Waals surface area contributed by atoms with Gasteiger partial charge in [-0.2, -0.15) is 13.2 Å². The van der Waals surface area contributed by atoms with E-state index in [0.717, 1.165) is 16.5 Å². The van der Waals surface area contributed by atoms with Crippen molar-refractivity contribution in [2.45, 2.75) is 22.7 Å². The molecule has 10 heteroatoms. The van der Waals surface area contributed by atoms with Crippen molar-refractivity contribution in [3.63, 3.8) is 0 Å². The Bertz CT molecular complexity index is 1280. The van der Waals surface area contributed by atoms with Crippen molar-refractivity contribution in [3.05, 3.63) is 77.9 Å². The fourth-order valence-electron chi connectivity index (χ4n) is 3.96. The number of thioether (sulfide) groups is 1. The summed E-state index contributed by atoms with van der Waals surface area (Å²) in [5.41, 5.74) is 0.0501. The predicted molar refractivity (Wildman–Crippen MR) is 132 cm³/mol. The average molecular weight is 517 g/mol. The minimum Gasteiger partial charge on any atom is -0.493 e. The third-order valence-corrected chi connectivity index (χ3v) is 7.00. The van der Waals surface area contributed by atoms with E-state index in [4.69, 9.17) is 9.47 Å². The zero-order valence-corrected chi connectivity index (χ0v) is 20.3. The van der Waals surface area contributed by atoms with E-state index in [0.29, 0.717) is 17.2 Å². The number of amides is 2. The van der Waals surface area contributed by atoms with Crippen LogP contribution in [0.15, 0.2) is 71.6 Å². The summed E-state index contributed by atoms with van der Waals surface area (Å²) >= 11 is 1.47. The molecule has 1 aliphatic heterocycles. The molecule has 2 amide bonds. The number of nitrogens with zero attached hydrogens (tertiary/aromatic N) is 1. The summed E-state index contributed by atoms with van der Waals surface area (Å²) < 4.78 is 50.7. The van der Waals surface area contributed by atoms with Crippen molar-refractivity contribution >= 4 is 35.0 Å². The maximum absolute atomic E-state index is 13.3. The Labute approximate surface area is 210 Å². The van der Waals surface area contributed by atoms with Gasteiger partial charge in [-0.1, -0.05) is 30.3 Å². The van der Waals surface area contributed by atoms with Gasteiger partial charge in [0.2, 0.25) is 11.8 Å². The molecule has 0 bridgehead atoms. The Morgan fingerprint density at radius 3 is 2.44 bits per heavy atom. The van der Waals surface area contributed by atoms with E-state index in [1.54, 1.807) is 18.2 Å². The molecule has 3 aromatic carbocycles. The summed E-state index contributed by atoms with van der Waals surface area (Å²) in [7, 11) is 3.06. The molecular weight excluding hydrogens is 493 g/mol. The van der Waals surface area contributed by atoms with Crippen LogP contribution in [0.2, 0.25) is 0 Å². The zero-order chi connectivity index (χ0) is 25.9. The maximum atomic E-state index is 13.3. The monoisotopic (exact) mass is 516 g/mol. The molecule has 0 spiro atoms. The van der Waals surface area contributed by atoms with Gasteiger partial charge >= 0.3 is 6.18 Å². The Hall–Kier alpha value is -3.66. The molecule has 0 aliphatic carbocycles. The van der Waals surface area contributed by atoms with Crippen LogP contribution in [0.4, 0.5) is 24.5 Å². The zero-order valence-electron chi connectivity index (χ0n) is 19.5. The van der Waals surface area contributed by atoms with Crippen LogP contribution >= 0.6 is 11.8 Å². The van der Waals surface area contributed by atoms with Crippen molar-refractivity contribution in [1.82, 2.24) is 0 Å². The molecule has 1 heterocycles. The largest absolute Gasteiger partial charge is 0.493 e. The van der Waals surface area contributed by atoms with Crippen LogP contribution in [0.1, 0.15) is 22.8 Å². The van der Waals surface area contributed by atoms with Crippen molar-refractivity contribution < 1.29 is 32.2 Å². The van der Waals surface area contributed by atoms with Gasteiger partial charge in [0.05, 0.1) is 31.2 Å². The molecule has 1 aliphatic rings. The SMILES string of the molecule is COc1ccc(C2CC(=O)N(CC(=O)Nc3ccccc3C(F)(F)F)c3ccccc3S2)cc1OC. The normalized spacial score (nSPS) is 15.6. The Morgan fingerprint density at radius 1 is 1.03 bits per heavy atom. The third-order valence-electron chi connectivity index (χ3n) is 5.67. The summed E-state index contributed by atoms with van der Waals surface area (Å²) in [6.45, 7) is -0.429.